The number of carbonyl (C=O) groups is 2. The van der Waals surface area contributed by atoms with E-state index in [1.54, 1.807) is 6.92 Å². The number of aliphatic hydroxyl groups is 1. The maximum atomic E-state index is 11.8. The first kappa shape index (κ1) is 18.3. The molecule has 0 aromatic heterocycles. The highest BCUT2D eigenvalue weighted by atomic mass is 16.7. The van der Waals surface area contributed by atoms with Crippen LogP contribution >= 0.6 is 0 Å². The molecule has 0 heterocycles. The van der Waals surface area contributed by atoms with E-state index in [0.717, 1.165) is 0 Å². The van der Waals surface area contributed by atoms with Crippen molar-refractivity contribution in [1.29, 1.82) is 0 Å². The molecule has 20 heavy (non-hydrogen) atoms. The maximum absolute atomic E-state index is 11.8. The van der Waals surface area contributed by atoms with Gasteiger partial charge in [0.2, 0.25) is 0 Å². The second-order valence-electron chi connectivity index (χ2n) is 4.35. The fourth-order valence-electron chi connectivity index (χ4n) is 1.83. The van der Waals surface area contributed by atoms with Crippen LogP contribution in [-0.2, 0) is 19.1 Å². The van der Waals surface area contributed by atoms with E-state index in [1.807, 2.05) is 0 Å². The van der Waals surface area contributed by atoms with Crippen LogP contribution in [0.4, 0.5) is 0 Å². The van der Waals surface area contributed by atoms with E-state index in [4.69, 9.17) is 9.47 Å². The summed E-state index contributed by atoms with van der Waals surface area (Å²) in [7, 11) is 3.00. The van der Waals surface area contributed by atoms with Crippen LogP contribution < -0.4 is 5.32 Å². The zero-order valence-electron chi connectivity index (χ0n) is 12.9. The first-order valence-corrected chi connectivity index (χ1v) is 6.18. The zero-order chi connectivity index (χ0) is 15.9. The van der Waals surface area contributed by atoms with Gasteiger partial charge in [0, 0.05) is 19.9 Å². The Morgan fingerprint density at radius 1 is 1.00 bits per heavy atom. The van der Waals surface area contributed by atoms with Gasteiger partial charge in [0.15, 0.2) is 17.9 Å². The zero-order valence-corrected chi connectivity index (χ0v) is 12.9. The van der Waals surface area contributed by atoms with Gasteiger partial charge in [-0.3, -0.25) is 9.59 Å². The summed E-state index contributed by atoms with van der Waals surface area (Å²) in [6.45, 7) is 5.99. The monoisotopic (exact) mass is 285 g/mol. The molecule has 2 N–H and O–H groups in total. The van der Waals surface area contributed by atoms with Crippen LogP contribution in [0.5, 0.6) is 0 Å². The lowest BCUT2D eigenvalue weighted by Gasteiger charge is -2.18. The van der Waals surface area contributed by atoms with Gasteiger partial charge in [0.05, 0.1) is 17.7 Å². The normalized spacial score (nSPS) is 13.8. The number of hydrogen-bond acceptors (Lipinski definition) is 6. The summed E-state index contributed by atoms with van der Waals surface area (Å²) in [5, 5.41) is 12.6. The van der Waals surface area contributed by atoms with Gasteiger partial charge in [-0.1, -0.05) is 0 Å². The highest BCUT2D eigenvalue weighted by Gasteiger charge is 2.21. The Balaban J connectivity index is 5.45. The number of carbonyl (C=O) groups excluding carboxylic acids is 2. The van der Waals surface area contributed by atoms with Crippen LogP contribution in [0.15, 0.2) is 22.6 Å². The summed E-state index contributed by atoms with van der Waals surface area (Å²) in [6.07, 6.45) is -0.474. The van der Waals surface area contributed by atoms with E-state index in [0.29, 0.717) is 12.2 Å². The molecule has 0 aliphatic heterocycles. The molecular formula is C14H23NO5. The van der Waals surface area contributed by atoms with E-state index in [2.05, 4.69) is 5.32 Å². The summed E-state index contributed by atoms with van der Waals surface area (Å²) in [5.41, 5.74) is 0.674. The van der Waals surface area contributed by atoms with Gasteiger partial charge < -0.3 is 19.9 Å². The molecule has 0 bridgehead atoms. The van der Waals surface area contributed by atoms with Crippen molar-refractivity contribution in [3.63, 3.8) is 0 Å². The molecule has 0 fully saturated rings. The number of aliphatic hydroxyl groups excluding tert-OH is 1. The third-order valence-corrected chi connectivity index (χ3v) is 2.75. The molecule has 0 radical (unpaired) electrons. The summed E-state index contributed by atoms with van der Waals surface area (Å²) < 4.78 is 10.0. The number of allylic oxidation sites excluding steroid dienone is 4. The molecule has 0 aromatic rings. The molecule has 0 saturated heterocycles. The molecule has 0 aromatic carbocycles. The predicted octanol–water partition coefficient (Wildman–Crippen LogP) is 1.48. The Bertz CT molecular complexity index is 429. The first-order valence-electron chi connectivity index (χ1n) is 6.18. The van der Waals surface area contributed by atoms with Gasteiger partial charge >= 0.3 is 0 Å². The Morgan fingerprint density at radius 3 is 1.75 bits per heavy atom. The van der Waals surface area contributed by atoms with Crippen LogP contribution in [0.25, 0.3) is 0 Å². The van der Waals surface area contributed by atoms with E-state index >= 15 is 0 Å². The summed E-state index contributed by atoms with van der Waals surface area (Å²) in [5.74, 6) is -0.856. The van der Waals surface area contributed by atoms with E-state index in [9.17, 15) is 14.7 Å². The number of methoxy groups -OCH3 is 2. The summed E-state index contributed by atoms with van der Waals surface area (Å²) in [6, 6.07) is 0. The average Bonchev–Trinajstić information content (AvgIpc) is 2.35. The molecule has 6 nitrogen and oxygen atoms in total. The van der Waals surface area contributed by atoms with Crippen molar-refractivity contribution in [2.45, 2.75) is 34.0 Å². The Morgan fingerprint density at radius 2 is 1.45 bits per heavy atom. The second-order valence-corrected chi connectivity index (χ2v) is 4.35. The summed E-state index contributed by atoms with van der Waals surface area (Å²) in [4.78, 5) is 23.4. The molecule has 0 unspecified atom stereocenters. The highest BCUT2D eigenvalue weighted by molar-refractivity contribution is 6.11. The SMILES string of the molecule is COC(CN/C(C)=C(C(C)=O)/C(C(C)=O)=C(/C)O)OC. The predicted molar refractivity (Wildman–Crippen MR) is 75.2 cm³/mol. The molecule has 0 atom stereocenters. The smallest absolute Gasteiger partial charge is 0.173 e. The molecule has 114 valence electrons. The lowest BCUT2D eigenvalue weighted by Crippen LogP contribution is -2.30. The van der Waals surface area contributed by atoms with Gasteiger partial charge in [-0.25, -0.2) is 0 Å². The fourth-order valence-corrected chi connectivity index (χ4v) is 1.83. The van der Waals surface area contributed by atoms with Crippen molar-refractivity contribution in [3.05, 3.63) is 22.6 Å². The first-order chi connectivity index (χ1) is 9.26. The number of ether oxygens (including phenoxy) is 2. The van der Waals surface area contributed by atoms with Crippen LogP contribution in [0.2, 0.25) is 0 Å². The number of nitrogens with one attached hydrogen (secondary N) is 1. The summed E-state index contributed by atoms with van der Waals surface area (Å²) >= 11 is 0. The molecule has 6 heteroatoms. The van der Waals surface area contributed by atoms with E-state index < -0.39 is 6.29 Å². The number of hydrogen-bond donors (Lipinski definition) is 2. The molecular weight excluding hydrogens is 262 g/mol. The fraction of sp³-hybridized carbons (Fsp3) is 0.571. The van der Waals surface area contributed by atoms with Gasteiger partial charge in [-0.2, -0.15) is 0 Å². The minimum atomic E-state index is -0.474. The Labute approximate surface area is 119 Å². The minimum Gasteiger partial charge on any atom is -0.512 e. The van der Waals surface area contributed by atoms with Crippen molar-refractivity contribution in [2.24, 2.45) is 0 Å². The van der Waals surface area contributed by atoms with E-state index in [-0.39, 0.29) is 28.5 Å². The second kappa shape index (κ2) is 8.50. The van der Waals surface area contributed by atoms with Gasteiger partial charge in [0.1, 0.15) is 5.76 Å². The molecule has 0 rings (SSSR count). The van der Waals surface area contributed by atoms with Crippen LogP contribution in [-0.4, -0.2) is 43.7 Å². The van der Waals surface area contributed by atoms with Gasteiger partial charge in [-0.15, -0.1) is 0 Å². The van der Waals surface area contributed by atoms with Gasteiger partial charge in [0.25, 0.3) is 0 Å². The number of ketones is 2. The quantitative estimate of drug-likeness (QED) is 0.304. The van der Waals surface area contributed by atoms with Crippen molar-refractivity contribution in [3.8, 4) is 0 Å². The van der Waals surface area contributed by atoms with Crippen LogP contribution in [0, 0.1) is 0 Å². The Hall–Kier alpha value is -1.66. The van der Waals surface area contributed by atoms with Crippen LogP contribution in [0.1, 0.15) is 27.7 Å². The molecule has 0 amide bonds. The lowest BCUT2D eigenvalue weighted by atomic mass is 9.96. The van der Waals surface area contributed by atoms with E-state index in [1.165, 1.54) is 35.0 Å². The van der Waals surface area contributed by atoms with Crippen molar-refractivity contribution in [2.75, 3.05) is 20.8 Å². The lowest BCUT2D eigenvalue weighted by molar-refractivity contribution is -0.116. The van der Waals surface area contributed by atoms with Crippen LogP contribution in [0.3, 0.4) is 0 Å². The highest BCUT2D eigenvalue weighted by Crippen LogP contribution is 2.19. The molecule has 0 spiro atoms. The Kier molecular flexibility index (Phi) is 7.79. The number of rotatable bonds is 8. The van der Waals surface area contributed by atoms with Gasteiger partial charge in [-0.05, 0) is 27.7 Å². The third kappa shape index (κ3) is 5.14. The van der Waals surface area contributed by atoms with Crippen molar-refractivity contribution < 1.29 is 24.2 Å². The van der Waals surface area contributed by atoms with Crippen molar-refractivity contribution >= 4 is 11.6 Å². The largest absolute Gasteiger partial charge is 0.512 e. The number of Topliss-reactive ketones (excluding diaryl/α,β-unsaturated/α-hetero) is 2. The standard InChI is InChI=1S/C14H23NO5/c1-8(15-7-12(19-5)20-6)13(9(2)16)14(10(3)17)11(4)18/h12,15,17H,7H2,1-6H3/b13-8+,14-10-. The third-order valence-electron chi connectivity index (χ3n) is 2.75. The minimum absolute atomic E-state index is 0.0221. The molecule has 0 aliphatic carbocycles. The maximum Gasteiger partial charge on any atom is 0.173 e. The molecule has 0 aliphatic rings. The van der Waals surface area contributed by atoms with Crippen molar-refractivity contribution in [1.82, 2.24) is 5.32 Å². The topological polar surface area (TPSA) is 84.9 Å². The molecule has 0 saturated carbocycles. The average molecular weight is 285 g/mol.